The Balaban J connectivity index is 1.38. The number of hydrogen-bond acceptors (Lipinski definition) is 7. The Hall–Kier alpha value is -4.24. The van der Waals surface area contributed by atoms with Gasteiger partial charge < -0.3 is 15.4 Å². The Morgan fingerprint density at radius 3 is 2.61 bits per heavy atom. The number of nitrogens with zero attached hydrogens (tertiary/aromatic N) is 3. The monoisotopic (exact) mass is 498 g/mol. The number of rotatable bonds is 7. The first kappa shape index (κ1) is 23.5. The molecule has 0 atom stereocenters. The van der Waals surface area contributed by atoms with Crippen molar-refractivity contribution in [3.05, 3.63) is 72.4 Å². The van der Waals surface area contributed by atoms with Crippen molar-refractivity contribution in [3.63, 3.8) is 0 Å². The van der Waals surface area contributed by atoms with Crippen molar-refractivity contribution >= 4 is 39.0 Å². The van der Waals surface area contributed by atoms with Crippen molar-refractivity contribution in [2.75, 3.05) is 11.9 Å². The molecule has 0 bridgehead atoms. The number of carbonyl (C=O) groups is 1. The zero-order valence-electron chi connectivity index (χ0n) is 20.2. The molecule has 3 N–H and O–H groups in total. The zero-order chi connectivity index (χ0) is 25.1. The number of thiophene rings is 1. The molecule has 0 fully saturated rings. The smallest absolute Gasteiger partial charge is 0.258 e. The van der Waals surface area contributed by atoms with Crippen molar-refractivity contribution < 1.29 is 9.53 Å². The lowest BCUT2D eigenvalue weighted by Gasteiger charge is -2.20. The van der Waals surface area contributed by atoms with Gasteiger partial charge in [-0.3, -0.25) is 9.89 Å². The molecule has 0 radical (unpaired) electrons. The number of ether oxygens (including phenoxy) is 1. The average Bonchev–Trinajstić information content (AvgIpc) is 3.55. The topological polar surface area (TPSA) is 105 Å². The van der Waals surface area contributed by atoms with Gasteiger partial charge in [0.2, 0.25) is 0 Å². The zero-order valence-corrected chi connectivity index (χ0v) is 21.0. The van der Waals surface area contributed by atoms with Crippen molar-refractivity contribution in [3.8, 4) is 28.3 Å². The second kappa shape index (κ2) is 9.79. The second-order valence-electron chi connectivity index (χ2n) is 9.33. The van der Waals surface area contributed by atoms with Crippen LogP contribution in [0.15, 0.2) is 72.4 Å². The molecule has 0 saturated heterocycles. The van der Waals surface area contributed by atoms with Gasteiger partial charge in [-0.1, -0.05) is 24.3 Å². The lowest BCUT2D eigenvalue weighted by atomic mass is 10.1. The predicted octanol–water partition coefficient (Wildman–Crippen LogP) is 5.79. The maximum atomic E-state index is 12.1. The normalized spacial score (nSPS) is 11.4. The van der Waals surface area contributed by atoms with E-state index in [1.807, 2.05) is 86.9 Å². The third-order valence-corrected chi connectivity index (χ3v) is 6.17. The van der Waals surface area contributed by atoms with Crippen LogP contribution in [0.5, 0.6) is 5.75 Å². The number of aromatic nitrogens is 4. The van der Waals surface area contributed by atoms with Gasteiger partial charge in [-0.25, -0.2) is 9.97 Å². The van der Waals surface area contributed by atoms with E-state index in [0.717, 1.165) is 38.4 Å². The standard InChI is InChI=1S/C27H26N6O2S/c1-27(2,3)33-23(34)16-35-21-6-4-5-18(13-21)25-31-22-11-12-36-24(22)26(32-25)30-20-9-7-17(8-10-20)19-14-28-29-15-19/h4-15H,16H2,1-3H3,(H,28,29)(H,33,34)(H,30,31,32). The van der Waals surface area contributed by atoms with E-state index in [2.05, 4.69) is 20.8 Å². The molecular formula is C27H26N6O2S. The van der Waals surface area contributed by atoms with Crippen LogP contribution in [0.2, 0.25) is 0 Å². The Morgan fingerprint density at radius 2 is 1.86 bits per heavy atom. The van der Waals surface area contributed by atoms with Crippen LogP contribution in [0.4, 0.5) is 11.5 Å². The van der Waals surface area contributed by atoms with Crippen LogP contribution in [0.1, 0.15) is 20.8 Å². The van der Waals surface area contributed by atoms with Gasteiger partial charge in [0.05, 0.1) is 16.4 Å². The minimum atomic E-state index is -0.310. The predicted molar refractivity (Wildman–Crippen MR) is 144 cm³/mol. The quantitative estimate of drug-likeness (QED) is 0.263. The molecule has 0 spiro atoms. The van der Waals surface area contributed by atoms with Crippen LogP contribution < -0.4 is 15.4 Å². The van der Waals surface area contributed by atoms with E-state index in [0.29, 0.717) is 11.6 Å². The maximum absolute atomic E-state index is 12.1. The summed E-state index contributed by atoms with van der Waals surface area (Å²) >= 11 is 1.59. The highest BCUT2D eigenvalue weighted by Crippen LogP contribution is 2.32. The number of anilines is 2. The number of amides is 1. The fraction of sp³-hybridized carbons (Fsp3) is 0.185. The summed E-state index contributed by atoms with van der Waals surface area (Å²) in [5.41, 5.74) is 4.38. The molecule has 9 heteroatoms. The fourth-order valence-electron chi connectivity index (χ4n) is 3.70. The molecule has 182 valence electrons. The number of hydrogen-bond donors (Lipinski definition) is 3. The Labute approximate surface area is 212 Å². The average molecular weight is 499 g/mol. The molecule has 3 aromatic heterocycles. The minimum Gasteiger partial charge on any atom is -0.484 e. The first-order chi connectivity index (χ1) is 17.3. The van der Waals surface area contributed by atoms with Crippen LogP contribution in [0, 0.1) is 0 Å². The molecular weight excluding hydrogens is 472 g/mol. The second-order valence-corrected chi connectivity index (χ2v) is 10.3. The van der Waals surface area contributed by atoms with E-state index in [9.17, 15) is 4.79 Å². The molecule has 2 aromatic carbocycles. The van der Waals surface area contributed by atoms with Gasteiger partial charge in [0.25, 0.3) is 5.91 Å². The van der Waals surface area contributed by atoms with Crippen LogP contribution in [-0.2, 0) is 4.79 Å². The first-order valence-corrected chi connectivity index (χ1v) is 12.4. The number of benzene rings is 2. The van der Waals surface area contributed by atoms with Gasteiger partial charge in [-0.15, -0.1) is 11.3 Å². The van der Waals surface area contributed by atoms with Crippen molar-refractivity contribution in [1.29, 1.82) is 0 Å². The van der Waals surface area contributed by atoms with E-state index in [1.165, 1.54) is 0 Å². The third kappa shape index (κ3) is 5.52. The number of H-pyrrole nitrogens is 1. The van der Waals surface area contributed by atoms with Gasteiger partial charge in [-0.05, 0) is 62.0 Å². The summed E-state index contributed by atoms with van der Waals surface area (Å²) in [6.07, 6.45) is 3.66. The Bertz CT molecular complexity index is 1490. The summed E-state index contributed by atoms with van der Waals surface area (Å²) in [5, 5.41) is 15.2. The van der Waals surface area contributed by atoms with Crippen molar-refractivity contribution in [1.82, 2.24) is 25.5 Å². The molecule has 0 aliphatic carbocycles. The number of nitrogens with one attached hydrogen (secondary N) is 3. The minimum absolute atomic E-state index is 0.0627. The fourth-order valence-corrected chi connectivity index (χ4v) is 4.47. The summed E-state index contributed by atoms with van der Waals surface area (Å²) in [5.74, 6) is 1.71. The molecule has 0 aliphatic heterocycles. The number of carbonyl (C=O) groups excluding carboxylic acids is 1. The maximum Gasteiger partial charge on any atom is 0.258 e. The molecule has 1 amide bonds. The molecule has 0 unspecified atom stereocenters. The van der Waals surface area contributed by atoms with Crippen LogP contribution in [0.25, 0.3) is 32.7 Å². The Kier molecular flexibility index (Phi) is 6.39. The molecule has 0 saturated carbocycles. The third-order valence-electron chi connectivity index (χ3n) is 5.26. The lowest BCUT2D eigenvalue weighted by Crippen LogP contribution is -2.43. The lowest BCUT2D eigenvalue weighted by molar-refractivity contribution is -0.124. The van der Waals surface area contributed by atoms with Crippen LogP contribution >= 0.6 is 11.3 Å². The molecule has 3 heterocycles. The summed E-state index contributed by atoms with van der Waals surface area (Å²) in [7, 11) is 0. The van der Waals surface area contributed by atoms with E-state index in [1.54, 1.807) is 17.5 Å². The van der Waals surface area contributed by atoms with E-state index < -0.39 is 0 Å². The molecule has 0 aliphatic rings. The van der Waals surface area contributed by atoms with E-state index >= 15 is 0 Å². The molecule has 5 aromatic rings. The van der Waals surface area contributed by atoms with Gasteiger partial charge >= 0.3 is 0 Å². The summed E-state index contributed by atoms with van der Waals surface area (Å²) in [6, 6.07) is 17.6. The van der Waals surface area contributed by atoms with Crippen molar-refractivity contribution in [2.45, 2.75) is 26.3 Å². The molecule has 36 heavy (non-hydrogen) atoms. The van der Waals surface area contributed by atoms with Crippen molar-refractivity contribution in [2.24, 2.45) is 0 Å². The Morgan fingerprint density at radius 1 is 1.03 bits per heavy atom. The van der Waals surface area contributed by atoms with Crippen LogP contribution in [0.3, 0.4) is 0 Å². The van der Waals surface area contributed by atoms with Gasteiger partial charge in [0, 0.05) is 28.6 Å². The van der Waals surface area contributed by atoms with Gasteiger partial charge in [0.1, 0.15) is 5.75 Å². The summed E-state index contributed by atoms with van der Waals surface area (Å²) in [6.45, 7) is 5.74. The van der Waals surface area contributed by atoms with Crippen LogP contribution in [-0.4, -0.2) is 38.2 Å². The number of fused-ring (bicyclic) bond motifs is 1. The molecule has 5 rings (SSSR count). The SMILES string of the molecule is CC(C)(C)NC(=O)COc1cccc(-c2nc(Nc3ccc(-c4cn[nH]c4)cc3)c3sccc3n2)c1. The highest BCUT2D eigenvalue weighted by molar-refractivity contribution is 7.17. The molecule has 8 nitrogen and oxygen atoms in total. The highest BCUT2D eigenvalue weighted by Gasteiger charge is 2.15. The van der Waals surface area contributed by atoms with E-state index in [4.69, 9.17) is 14.7 Å². The number of aromatic amines is 1. The highest BCUT2D eigenvalue weighted by atomic mass is 32.1. The largest absolute Gasteiger partial charge is 0.484 e. The van der Waals surface area contributed by atoms with Gasteiger partial charge in [-0.2, -0.15) is 5.10 Å². The van der Waals surface area contributed by atoms with Gasteiger partial charge in [0.15, 0.2) is 18.2 Å². The summed E-state index contributed by atoms with van der Waals surface area (Å²) in [4.78, 5) is 21.7. The summed E-state index contributed by atoms with van der Waals surface area (Å²) < 4.78 is 6.70. The van der Waals surface area contributed by atoms with E-state index in [-0.39, 0.29) is 18.1 Å². The first-order valence-electron chi connectivity index (χ1n) is 11.5.